The molecule has 0 radical (unpaired) electrons. The molecule has 0 saturated heterocycles. The van der Waals surface area contributed by atoms with Crippen LogP contribution in [0.3, 0.4) is 0 Å². The molecule has 0 unspecified atom stereocenters. The van der Waals surface area contributed by atoms with E-state index in [1.54, 1.807) is 0 Å². The second-order valence-electron chi connectivity index (χ2n) is 2.57. The largest absolute Gasteiger partial charge is 0.466 e. The van der Waals surface area contributed by atoms with Crippen molar-refractivity contribution in [2.45, 2.75) is 19.4 Å². The van der Waals surface area contributed by atoms with Gasteiger partial charge in [0.2, 0.25) is 0 Å². The molecule has 0 saturated carbocycles. The van der Waals surface area contributed by atoms with Gasteiger partial charge in [0, 0.05) is 0 Å². The van der Waals surface area contributed by atoms with E-state index in [0.29, 0.717) is 0 Å². The van der Waals surface area contributed by atoms with Crippen molar-refractivity contribution in [3.63, 3.8) is 0 Å². The molecule has 0 fully saturated rings. The van der Waals surface area contributed by atoms with Gasteiger partial charge in [-0.05, 0) is 17.9 Å². The number of hydrogen-bond donors (Lipinski definition) is 1. The molecule has 0 atom stereocenters. The van der Waals surface area contributed by atoms with Crippen molar-refractivity contribution in [1.82, 2.24) is 0 Å². The molecule has 0 heterocycles. The lowest BCUT2D eigenvalue weighted by Crippen LogP contribution is -2.27. The number of aliphatic hydroxyl groups is 1. The van der Waals surface area contributed by atoms with Crippen LogP contribution in [-0.4, -0.2) is 23.8 Å². The van der Waals surface area contributed by atoms with Gasteiger partial charge in [-0.2, -0.15) is 0 Å². The summed E-state index contributed by atoms with van der Waals surface area (Å²) in [5.74, 6) is -0.494. The number of esters is 1. The first-order chi connectivity index (χ1) is 4.93. The maximum atomic E-state index is 10.9. The Labute approximate surface area is 79.6 Å². The number of ether oxygens (including phenoxy) is 1. The Morgan fingerprint density at radius 2 is 2.09 bits per heavy atom. The molecule has 0 rings (SSSR count). The SMILES string of the molecule is COC(=O)/C(=C\I)C(C)(C)O. The molecular formula is C7H11IO3. The summed E-state index contributed by atoms with van der Waals surface area (Å²) in [6.45, 7) is 3.07. The fourth-order valence-electron chi connectivity index (χ4n) is 0.538. The highest BCUT2D eigenvalue weighted by atomic mass is 127. The molecule has 0 aliphatic carbocycles. The van der Waals surface area contributed by atoms with Gasteiger partial charge in [-0.3, -0.25) is 0 Å². The maximum Gasteiger partial charge on any atom is 0.337 e. The van der Waals surface area contributed by atoms with Crippen LogP contribution in [0.2, 0.25) is 0 Å². The topological polar surface area (TPSA) is 46.5 Å². The molecule has 0 aliphatic rings. The number of methoxy groups -OCH3 is 1. The number of carbonyl (C=O) groups excluding carboxylic acids is 1. The van der Waals surface area contributed by atoms with Crippen LogP contribution in [-0.2, 0) is 9.53 Å². The number of carbonyl (C=O) groups is 1. The summed E-state index contributed by atoms with van der Waals surface area (Å²) in [6, 6.07) is 0. The van der Waals surface area contributed by atoms with E-state index in [1.807, 2.05) is 22.6 Å². The van der Waals surface area contributed by atoms with Crippen LogP contribution < -0.4 is 0 Å². The highest BCUT2D eigenvalue weighted by Crippen LogP contribution is 2.18. The van der Waals surface area contributed by atoms with E-state index in [1.165, 1.54) is 25.0 Å². The zero-order valence-electron chi connectivity index (χ0n) is 6.72. The molecule has 0 aliphatic heterocycles. The Hall–Kier alpha value is -0.100. The molecule has 0 amide bonds. The van der Waals surface area contributed by atoms with Crippen molar-refractivity contribution in [1.29, 1.82) is 0 Å². The Kier molecular flexibility index (Phi) is 4.02. The summed E-state index contributed by atoms with van der Waals surface area (Å²) < 4.78 is 5.98. The van der Waals surface area contributed by atoms with Gasteiger partial charge < -0.3 is 9.84 Å². The monoisotopic (exact) mass is 270 g/mol. The normalized spacial score (nSPS) is 13.0. The van der Waals surface area contributed by atoms with Crippen molar-refractivity contribution < 1.29 is 14.6 Å². The fourth-order valence-corrected chi connectivity index (χ4v) is 1.55. The van der Waals surface area contributed by atoms with E-state index in [0.717, 1.165) is 0 Å². The molecule has 4 heteroatoms. The number of halogens is 1. The standard InChI is InChI=1S/C7H11IO3/c1-7(2,10)5(4-8)6(9)11-3/h4,10H,1-3H3/b5-4+. The van der Waals surface area contributed by atoms with E-state index >= 15 is 0 Å². The van der Waals surface area contributed by atoms with Crippen LogP contribution in [0.15, 0.2) is 9.66 Å². The van der Waals surface area contributed by atoms with Crippen LogP contribution in [0.5, 0.6) is 0 Å². The van der Waals surface area contributed by atoms with Gasteiger partial charge in [0.25, 0.3) is 0 Å². The average molecular weight is 270 g/mol. The molecule has 0 aromatic heterocycles. The van der Waals surface area contributed by atoms with Gasteiger partial charge in [0.05, 0.1) is 18.3 Å². The van der Waals surface area contributed by atoms with Crippen molar-refractivity contribution in [3.05, 3.63) is 9.66 Å². The summed E-state index contributed by atoms with van der Waals surface area (Å²) in [5, 5.41) is 9.41. The van der Waals surface area contributed by atoms with Crippen molar-refractivity contribution in [2.24, 2.45) is 0 Å². The smallest absolute Gasteiger partial charge is 0.337 e. The van der Waals surface area contributed by atoms with Gasteiger partial charge >= 0.3 is 5.97 Å². The van der Waals surface area contributed by atoms with Crippen LogP contribution in [0.1, 0.15) is 13.8 Å². The second kappa shape index (κ2) is 4.06. The molecule has 0 spiro atoms. The Bertz CT molecular complexity index is 179. The molecule has 11 heavy (non-hydrogen) atoms. The van der Waals surface area contributed by atoms with E-state index in [2.05, 4.69) is 4.74 Å². The van der Waals surface area contributed by atoms with Gasteiger partial charge in [0.15, 0.2) is 0 Å². The third-order valence-electron chi connectivity index (χ3n) is 1.17. The average Bonchev–Trinajstić information content (AvgIpc) is 1.86. The van der Waals surface area contributed by atoms with Crippen molar-refractivity contribution >= 4 is 28.6 Å². The third-order valence-corrected chi connectivity index (χ3v) is 1.80. The quantitative estimate of drug-likeness (QED) is 0.466. The molecule has 64 valence electrons. The molecule has 1 N–H and O–H groups in total. The zero-order valence-corrected chi connectivity index (χ0v) is 8.88. The lowest BCUT2D eigenvalue weighted by Gasteiger charge is -2.18. The van der Waals surface area contributed by atoms with E-state index in [4.69, 9.17) is 0 Å². The minimum absolute atomic E-state index is 0.264. The fraction of sp³-hybridized carbons (Fsp3) is 0.571. The molecular weight excluding hydrogens is 259 g/mol. The summed E-state index contributed by atoms with van der Waals surface area (Å²) >= 11 is 1.89. The molecule has 0 aromatic rings. The summed E-state index contributed by atoms with van der Waals surface area (Å²) in [5.41, 5.74) is -0.866. The first kappa shape index (κ1) is 10.9. The van der Waals surface area contributed by atoms with Gasteiger partial charge in [0.1, 0.15) is 0 Å². The van der Waals surface area contributed by atoms with Crippen LogP contribution >= 0.6 is 22.6 Å². The Morgan fingerprint density at radius 1 is 1.64 bits per heavy atom. The first-order valence-electron chi connectivity index (χ1n) is 3.05. The summed E-state index contributed by atoms with van der Waals surface area (Å²) in [4.78, 5) is 10.9. The van der Waals surface area contributed by atoms with E-state index < -0.39 is 11.6 Å². The first-order valence-corrected chi connectivity index (χ1v) is 4.29. The minimum Gasteiger partial charge on any atom is -0.466 e. The Balaban J connectivity index is 4.58. The van der Waals surface area contributed by atoms with Crippen LogP contribution in [0.25, 0.3) is 0 Å². The van der Waals surface area contributed by atoms with Crippen molar-refractivity contribution in [3.8, 4) is 0 Å². The van der Waals surface area contributed by atoms with E-state index in [-0.39, 0.29) is 5.57 Å². The molecule has 0 aromatic carbocycles. The zero-order chi connectivity index (χ0) is 9.07. The predicted molar refractivity (Wildman–Crippen MR) is 50.4 cm³/mol. The van der Waals surface area contributed by atoms with Crippen LogP contribution in [0.4, 0.5) is 0 Å². The minimum atomic E-state index is -1.13. The maximum absolute atomic E-state index is 10.9. The Morgan fingerprint density at radius 3 is 2.18 bits per heavy atom. The van der Waals surface area contributed by atoms with Gasteiger partial charge in [-0.15, -0.1) is 0 Å². The van der Waals surface area contributed by atoms with Gasteiger partial charge in [-0.1, -0.05) is 22.6 Å². The lowest BCUT2D eigenvalue weighted by molar-refractivity contribution is -0.138. The highest BCUT2D eigenvalue weighted by Gasteiger charge is 2.25. The summed E-state index contributed by atoms with van der Waals surface area (Å²) in [7, 11) is 1.29. The lowest BCUT2D eigenvalue weighted by atomic mass is 10.0. The van der Waals surface area contributed by atoms with E-state index in [9.17, 15) is 9.90 Å². The third kappa shape index (κ3) is 3.20. The molecule has 0 bridgehead atoms. The second-order valence-corrected chi connectivity index (χ2v) is 3.20. The van der Waals surface area contributed by atoms with Crippen molar-refractivity contribution in [2.75, 3.05) is 7.11 Å². The number of hydrogen-bond acceptors (Lipinski definition) is 3. The predicted octanol–water partition coefficient (Wildman–Crippen LogP) is 1.25. The highest BCUT2D eigenvalue weighted by molar-refractivity contribution is 14.1. The number of rotatable bonds is 2. The molecule has 3 nitrogen and oxygen atoms in total. The van der Waals surface area contributed by atoms with Gasteiger partial charge in [-0.25, -0.2) is 4.79 Å². The summed E-state index contributed by atoms with van der Waals surface area (Å²) in [6.07, 6.45) is 0. The van der Waals surface area contributed by atoms with Crippen LogP contribution in [0, 0.1) is 0 Å².